The van der Waals surface area contributed by atoms with E-state index in [1.54, 1.807) is 18.5 Å². The summed E-state index contributed by atoms with van der Waals surface area (Å²) in [6, 6.07) is 18.8. The number of hydrazine groups is 1. The lowest BCUT2D eigenvalue weighted by Gasteiger charge is -2.29. The summed E-state index contributed by atoms with van der Waals surface area (Å²) in [5, 5.41) is 6.77. The van der Waals surface area contributed by atoms with Crippen LogP contribution in [0.3, 0.4) is 0 Å². The molecule has 0 N–H and O–H groups in total. The number of hydrazone groups is 1. The van der Waals surface area contributed by atoms with E-state index in [0.29, 0.717) is 11.5 Å². The molecular formula is C15H13N3O2. The Labute approximate surface area is 116 Å². The van der Waals surface area contributed by atoms with Gasteiger partial charge in [0.25, 0.3) is 0 Å². The average molecular weight is 267 g/mol. The molecule has 0 atom stereocenters. The van der Waals surface area contributed by atoms with E-state index < -0.39 is 0 Å². The molecule has 0 saturated carbocycles. The third-order valence-corrected chi connectivity index (χ3v) is 2.51. The number of hydroxylamine groups is 1. The number of hydrogen-bond acceptors (Lipinski definition) is 5. The van der Waals surface area contributed by atoms with Crippen molar-refractivity contribution in [1.29, 1.82) is 0 Å². The van der Waals surface area contributed by atoms with Crippen molar-refractivity contribution >= 4 is 6.21 Å². The number of para-hydroxylation sites is 2. The number of hydrogen-bond donors (Lipinski definition) is 0. The lowest BCUT2D eigenvalue weighted by Crippen LogP contribution is -2.41. The molecule has 100 valence electrons. The highest BCUT2D eigenvalue weighted by atomic mass is 16.9. The highest BCUT2D eigenvalue weighted by Crippen LogP contribution is 2.17. The molecule has 2 aromatic rings. The molecule has 0 fully saturated rings. The lowest BCUT2D eigenvalue weighted by molar-refractivity contribution is -0.306. The first-order valence-corrected chi connectivity index (χ1v) is 6.18. The smallest absolute Gasteiger partial charge is 0.159 e. The largest absolute Gasteiger partial charge is 0.356 e. The predicted octanol–water partition coefficient (Wildman–Crippen LogP) is 3.01. The number of nitrogens with zero attached hydrogens (tertiary/aromatic N) is 3. The maximum Gasteiger partial charge on any atom is 0.159 e. The molecule has 5 nitrogen and oxygen atoms in total. The molecule has 5 heteroatoms. The van der Waals surface area contributed by atoms with E-state index in [2.05, 4.69) is 5.10 Å². The van der Waals surface area contributed by atoms with Gasteiger partial charge in [0.1, 0.15) is 0 Å². The van der Waals surface area contributed by atoms with E-state index in [0.717, 1.165) is 0 Å². The van der Waals surface area contributed by atoms with Crippen LogP contribution in [0.4, 0.5) is 0 Å². The van der Waals surface area contributed by atoms with Crippen LogP contribution in [0.2, 0.25) is 0 Å². The summed E-state index contributed by atoms with van der Waals surface area (Å²) in [5.41, 5.74) is 0. The molecule has 0 aliphatic carbocycles. The Hall–Kier alpha value is -2.95. The third-order valence-electron chi connectivity index (χ3n) is 2.51. The standard InChI is InChI=1S/C15H13N3O2/c1-3-8-14(9-4-1)19-17-13-7-12-16-18(17)20-15-10-5-2-6-11-15/h1-13H. The molecule has 0 radical (unpaired) electrons. The Morgan fingerprint density at radius 1 is 0.750 bits per heavy atom. The molecule has 0 aromatic heterocycles. The second kappa shape index (κ2) is 5.79. The van der Waals surface area contributed by atoms with Crippen LogP contribution in [-0.2, 0) is 0 Å². The monoisotopic (exact) mass is 267 g/mol. The Morgan fingerprint density at radius 3 is 2.00 bits per heavy atom. The Balaban J connectivity index is 1.72. The van der Waals surface area contributed by atoms with Gasteiger partial charge in [0.05, 0.1) is 12.4 Å². The van der Waals surface area contributed by atoms with Crippen molar-refractivity contribution < 1.29 is 9.68 Å². The quantitative estimate of drug-likeness (QED) is 0.853. The van der Waals surface area contributed by atoms with E-state index in [-0.39, 0.29) is 0 Å². The molecular weight excluding hydrogens is 254 g/mol. The first-order valence-electron chi connectivity index (χ1n) is 6.18. The van der Waals surface area contributed by atoms with E-state index in [1.807, 2.05) is 60.7 Å². The van der Waals surface area contributed by atoms with Crippen LogP contribution >= 0.6 is 0 Å². The van der Waals surface area contributed by atoms with Crippen molar-refractivity contribution in [2.45, 2.75) is 0 Å². The first kappa shape index (κ1) is 12.1. The van der Waals surface area contributed by atoms with Gasteiger partial charge in [-0.2, -0.15) is 0 Å². The predicted molar refractivity (Wildman–Crippen MR) is 75.5 cm³/mol. The van der Waals surface area contributed by atoms with Crippen LogP contribution < -0.4 is 9.68 Å². The van der Waals surface area contributed by atoms with Gasteiger partial charge in [-0.25, -0.2) is 0 Å². The van der Waals surface area contributed by atoms with Gasteiger partial charge >= 0.3 is 0 Å². The minimum atomic E-state index is 0.668. The Bertz CT molecular complexity index is 544. The van der Waals surface area contributed by atoms with Crippen molar-refractivity contribution in [3.63, 3.8) is 0 Å². The zero-order chi connectivity index (χ0) is 13.6. The minimum absolute atomic E-state index is 0.668. The summed E-state index contributed by atoms with van der Waals surface area (Å²) in [7, 11) is 0. The summed E-state index contributed by atoms with van der Waals surface area (Å²) in [5.74, 6) is 1.36. The van der Waals surface area contributed by atoms with Gasteiger partial charge in [0.2, 0.25) is 0 Å². The van der Waals surface area contributed by atoms with Gasteiger partial charge in [-0.1, -0.05) is 41.6 Å². The summed E-state index contributed by atoms with van der Waals surface area (Å²) in [6.07, 6.45) is 5.09. The second-order valence-electron chi connectivity index (χ2n) is 3.97. The van der Waals surface area contributed by atoms with Crippen LogP contribution in [0.15, 0.2) is 78.0 Å². The fourth-order valence-corrected chi connectivity index (χ4v) is 1.61. The topological polar surface area (TPSA) is 37.3 Å². The van der Waals surface area contributed by atoms with Crippen molar-refractivity contribution in [3.8, 4) is 11.5 Å². The van der Waals surface area contributed by atoms with Crippen LogP contribution in [0.1, 0.15) is 0 Å². The number of benzene rings is 2. The molecule has 0 bridgehead atoms. The summed E-state index contributed by atoms with van der Waals surface area (Å²) in [4.78, 5) is 11.3. The van der Waals surface area contributed by atoms with E-state index in [1.165, 1.54) is 10.5 Å². The van der Waals surface area contributed by atoms with Gasteiger partial charge in [-0.05, 0) is 30.3 Å². The maximum atomic E-state index is 5.67. The van der Waals surface area contributed by atoms with Crippen molar-refractivity contribution in [2.75, 3.05) is 0 Å². The Morgan fingerprint density at radius 2 is 1.35 bits per heavy atom. The fourth-order valence-electron chi connectivity index (χ4n) is 1.61. The normalized spacial score (nSPS) is 13.4. The summed E-state index contributed by atoms with van der Waals surface area (Å²) >= 11 is 0. The molecule has 0 saturated heterocycles. The second-order valence-corrected chi connectivity index (χ2v) is 3.97. The van der Waals surface area contributed by atoms with Crippen molar-refractivity contribution in [2.24, 2.45) is 5.10 Å². The molecule has 1 aliphatic rings. The molecule has 0 amide bonds. The lowest BCUT2D eigenvalue weighted by atomic mass is 10.3. The van der Waals surface area contributed by atoms with E-state index in [9.17, 15) is 0 Å². The van der Waals surface area contributed by atoms with Crippen LogP contribution in [0.25, 0.3) is 0 Å². The summed E-state index contributed by atoms with van der Waals surface area (Å²) < 4.78 is 0. The van der Waals surface area contributed by atoms with Gasteiger partial charge in [-0.3, -0.25) is 0 Å². The van der Waals surface area contributed by atoms with Gasteiger partial charge in [0, 0.05) is 5.28 Å². The SMILES string of the molecule is C1=CN(Oc2ccccc2)N(Oc2ccccc2)N=C1. The minimum Gasteiger partial charge on any atom is -0.356 e. The van der Waals surface area contributed by atoms with Crippen LogP contribution in [0, 0.1) is 0 Å². The Kier molecular flexibility index (Phi) is 3.51. The summed E-state index contributed by atoms with van der Waals surface area (Å²) in [6.45, 7) is 0. The van der Waals surface area contributed by atoms with Gasteiger partial charge < -0.3 is 9.68 Å². The molecule has 20 heavy (non-hydrogen) atoms. The van der Waals surface area contributed by atoms with Crippen LogP contribution in [0.5, 0.6) is 11.5 Å². The van der Waals surface area contributed by atoms with Crippen molar-refractivity contribution in [1.82, 2.24) is 10.5 Å². The molecule has 2 aromatic carbocycles. The van der Waals surface area contributed by atoms with Crippen LogP contribution in [-0.4, -0.2) is 16.7 Å². The molecule has 0 spiro atoms. The van der Waals surface area contributed by atoms with Gasteiger partial charge in [-0.15, -0.1) is 5.10 Å². The molecule has 3 rings (SSSR count). The van der Waals surface area contributed by atoms with Gasteiger partial charge in [0.15, 0.2) is 11.5 Å². The molecule has 0 unspecified atom stereocenters. The molecule has 1 heterocycles. The van der Waals surface area contributed by atoms with Crippen molar-refractivity contribution in [3.05, 3.63) is 72.9 Å². The zero-order valence-corrected chi connectivity index (χ0v) is 10.7. The maximum absolute atomic E-state index is 5.67. The highest BCUT2D eigenvalue weighted by molar-refractivity contribution is 5.70. The van der Waals surface area contributed by atoms with E-state index >= 15 is 0 Å². The van der Waals surface area contributed by atoms with E-state index in [4.69, 9.17) is 9.68 Å². The average Bonchev–Trinajstić information content (AvgIpc) is 2.51. The zero-order valence-electron chi connectivity index (χ0n) is 10.7. The first-order chi connectivity index (χ1) is 9.92. The number of allylic oxidation sites excluding steroid dienone is 1. The fraction of sp³-hybridized carbons (Fsp3) is 0. The number of rotatable bonds is 4. The highest BCUT2D eigenvalue weighted by Gasteiger charge is 2.16. The third kappa shape index (κ3) is 2.89. The molecule has 1 aliphatic heterocycles.